The van der Waals surface area contributed by atoms with Crippen LogP contribution in [0.4, 0.5) is 5.69 Å². The summed E-state index contributed by atoms with van der Waals surface area (Å²) in [6.07, 6.45) is -0.280. The Morgan fingerprint density at radius 1 is 1.32 bits per heavy atom. The Labute approximate surface area is 154 Å². The van der Waals surface area contributed by atoms with Crippen molar-refractivity contribution in [3.63, 3.8) is 0 Å². The minimum absolute atomic E-state index is 0.267. The van der Waals surface area contributed by atoms with Gasteiger partial charge in [-0.15, -0.1) is 11.3 Å². The number of aryl methyl sites for hydroxylation is 1. The number of halogens is 1. The summed E-state index contributed by atoms with van der Waals surface area (Å²) in [7, 11) is 3.11. The molecule has 1 aromatic heterocycles. The largest absolute Gasteiger partial charge is 0.493 e. The monoisotopic (exact) mass is 380 g/mol. The standard InChI is InChI=1S/C17H17ClN2O4S/c1-9-6-12(22-2)13(23-3)7-10(9)19-17(21)14-8-11(20-24-14)15-4-5-16(18)25-15/h4-7,14H,8H2,1-3H3,(H,19,21). The first kappa shape index (κ1) is 17.6. The third-order valence-corrected chi connectivity index (χ3v) is 5.09. The van der Waals surface area contributed by atoms with Crippen LogP contribution in [0.15, 0.2) is 29.4 Å². The van der Waals surface area contributed by atoms with Crippen LogP contribution in [-0.4, -0.2) is 31.9 Å². The number of thiophene rings is 1. The number of benzene rings is 1. The highest BCUT2D eigenvalue weighted by molar-refractivity contribution is 7.18. The first-order chi connectivity index (χ1) is 12.0. The average molecular weight is 381 g/mol. The summed E-state index contributed by atoms with van der Waals surface area (Å²) < 4.78 is 11.2. The first-order valence-electron chi connectivity index (χ1n) is 7.53. The minimum Gasteiger partial charge on any atom is -0.493 e. The Kier molecular flexibility index (Phi) is 5.15. The highest BCUT2D eigenvalue weighted by atomic mass is 35.5. The molecule has 6 nitrogen and oxygen atoms in total. The molecule has 2 heterocycles. The molecular formula is C17H17ClN2O4S. The summed E-state index contributed by atoms with van der Waals surface area (Å²) in [5.41, 5.74) is 2.22. The molecular weight excluding hydrogens is 364 g/mol. The van der Waals surface area contributed by atoms with Gasteiger partial charge in [-0.3, -0.25) is 4.79 Å². The summed E-state index contributed by atoms with van der Waals surface area (Å²) in [5, 5.41) is 6.87. The fourth-order valence-corrected chi connectivity index (χ4v) is 3.49. The van der Waals surface area contributed by atoms with Crippen LogP contribution in [0.3, 0.4) is 0 Å². The lowest BCUT2D eigenvalue weighted by Crippen LogP contribution is -2.28. The molecule has 25 heavy (non-hydrogen) atoms. The lowest BCUT2D eigenvalue weighted by atomic mass is 10.1. The molecule has 0 radical (unpaired) electrons. The number of ether oxygens (including phenoxy) is 2. The maximum absolute atomic E-state index is 12.5. The quantitative estimate of drug-likeness (QED) is 0.855. The maximum atomic E-state index is 12.5. The number of hydrogen-bond acceptors (Lipinski definition) is 6. The number of nitrogens with one attached hydrogen (secondary N) is 1. The zero-order valence-electron chi connectivity index (χ0n) is 14.0. The van der Waals surface area contributed by atoms with E-state index in [2.05, 4.69) is 10.5 Å². The van der Waals surface area contributed by atoms with Crippen molar-refractivity contribution in [2.24, 2.45) is 5.16 Å². The second-order valence-electron chi connectivity index (χ2n) is 5.45. The fraction of sp³-hybridized carbons (Fsp3) is 0.294. The van der Waals surface area contributed by atoms with Crippen molar-refractivity contribution in [1.29, 1.82) is 0 Å². The van der Waals surface area contributed by atoms with Crippen molar-refractivity contribution in [3.8, 4) is 11.5 Å². The number of hydrogen-bond donors (Lipinski definition) is 1. The Morgan fingerprint density at radius 2 is 2.04 bits per heavy atom. The molecule has 2 aromatic rings. The van der Waals surface area contributed by atoms with Crippen LogP contribution in [0.1, 0.15) is 16.9 Å². The molecule has 1 aromatic carbocycles. The predicted octanol–water partition coefficient (Wildman–Crippen LogP) is 3.86. The SMILES string of the molecule is COc1cc(C)c(NC(=O)C2CC(c3ccc(Cl)s3)=NO2)cc1OC. The van der Waals surface area contributed by atoms with E-state index in [0.717, 1.165) is 16.2 Å². The Morgan fingerprint density at radius 3 is 2.68 bits per heavy atom. The summed E-state index contributed by atoms with van der Waals surface area (Å²) in [6.45, 7) is 1.88. The average Bonchev–Trinajstić information content (AvgIpc) is 3.25. The van der Waals surface area contributed by atoms with Crippen LogP contribution < -0.4 is 14.8 Å². The molecule has 0 saturated heterocycles. The molecule has 8 heteroatoms. The van der Waals surface area contributed by atoms with Gasteiger partial charge >= 0.3 is 0 Å². The molecule has 1 unspecified atom stereocenters. The van der Waals surface area contributed by atoms with Gasteiger partial charge in [0.25, 0.3) is 5.91 Å². The van der Waals surface area contributed by atoms with Crippen LogP contribution in [-0.2, 0) is 9.63 Å². The molecule has 1 aliphatic heterocycles. The summed E-state index contributed by atoms with van der Waals surface area (Å²) in [4.78, 5) is 18.7. The third-order valence-electron chi connectivity index (χ3n) is 3.81. The zero-order chi connectivity index (χ0) is 18.0. The van der Waals surface area contributed by atoms with Crippen LogP contribution in [0, 0.1) is 6.92 Å². The van der Waals surface area contributed by atoms with Crippen LogP contribution in [0.5, 0.6) is 11.5 Å². The van der Waals surface area contributed by atoms with E-state index in [1.807, 2.05) is 13.0 Å². The summed E-state index contributed by atoms with van der Waals surface area (Å²) in [5.74, 6) is 0.882. The van der Waals surface area contributed by atoms with Crippen LogP contribution in [0.25, 0.3) is 0 Å². The molecule has 0 saturated carbocycles. The van der Waals surface area contributed by atoms with Crippen molar-refractivity contribution < 1.29 is 19.1 Å². The lowest BCUT2D eigenvalue weighted by Gasteiger charge is -2.15. The van der Waals surface area contributed by atoms with E-state index < -0.39 is 6.10 Å². The van der Waals surface area contributed by atoms with Gasteiger partial charge in [-0.25, -0.2) is 0 Å². The number of carbonyl (C=O) groups is 1. The van der Waals surface area contributed by atoms with Crippen LogP contribution in [0.2, 0.25) is 4.34 Å². The van der Waals surface area contributed by atoms with E-state index in [1.54, 1.807) is 32.4 Å². The molecule has 0 spiro atoms. The molecule has 0 aliphatic carbocycles. The van der Waals surface area contributed by atoms with E-state index in [-0.39, 0.29) is 5.91 Å². The van der Waals surface area contributed by atoms with E-state index in [4.69, 9.17) is 25.9 Å². The zero-order valence-corrected chi connectivity index (χ0v) is 15.5. The Balaban J connectivity index is 1.69. The van der Waals surface area contributed by atoms with Gasteiger partial charge in [0.15, 0.2) is 11.5 Å². The lowest BCUT2D eigenvalue weighted by molar-refractivity contribution is -0.125. The van der Waals surface area contributed by atoms with Gasteiger partial charge in [-0.2, -0.15) is 0 Å². The predicted molar refractivity (Wildman–Crippen MR) is 98.3 cm³/mol. The molecule has 1 amide bonds. The highest BCUT2D eigenvalue weighted by Crippen LogP contribution is 2.33. The van der Waals surface area contributed by atoms with Gasteiger partial charge in [-0.05, 0) is 30.7 Å². The Bertz CT molecular complexity index is 834. The second-order valence-corrected chi connectivity index (χ2v) is 7.17. The molecule has 1 N–H and O–H groups in total. The van der Waals surface area contributed by atoms with Crippen molar-refractivity contribution in [2.45, 2.75) is 19.4 Å². The van der Waals surface area contributed by atoms with E-state index >= 15 is 0 Å². The van der Waals surface area contributed by atoms with Gasteiger partial charge in [0.2, 0.25) is 6.10 Å². The second kappa shape index (κ2) is 7.33. The third kappa shape index (κ3) is 3.72. The van der Waals surface area contributed by atoms with Crippen molar-refractivity contribution >= 4 is 40.2 Å². The van der Waals surface area contributed by atoms with Crippen LogP contribution >= 0.6 is 22.9 Å². The number of nitrogens with zero attached hydrogens (tertiary/aromatic N) is 1. The Hall–Kier alpha value is -2.25. The maximum Gasteiger partial charge on any atom is 0.268 e. The highest BCUT2D eigenvalue weighted by Gasteiger charge is 2.30. The molecule has 132 valence electrons. The van der Waals surface area contributed by atoms with Gasteiger partial charge in [0.1, 0.15) is 5.71 Å². The minimum atomic E-state index is -0.677. The van der Waals surface area contributed by atoms with Gasteiger partial charge in [0, 0.05) is 18.2 Å². The molecule has 0 bridgehead atoms. The topological polar surface area (TPSA) is 69.2 Å². The molecule has 0 fully saturated rings. The number of anilines is 1. The number of carbonyl (C=O) groups excluding carboxylic acids is 1. The first-order valence-corrected chi connectivity index (χ1v) is 8.73. The van der Waals surface area contributed by atoms with Gasteiger partial charge in [0.05, 0.1) is 23.4 Å². The number of oxime groups is 1. The number of rotatable bonds is 5. The van der Waals surface area contributed by atoms with Crippen molar-refractivity contribution in [1.82, 2.24) is 0 Å². The van der Waals surface area contributed by atoms with E-state index in [9.17, 15) is 4.79 Å². The summed E-state index contributed by atoms with van der Waals surface area (Å²) in [6, 6.07) is 7.19. The summed E-state index contributed by atoms with van der Waals surface area (Å²) >= 11 is 7.34. The van der Waals surface area contributed by atoms with Crippen molar-refractivity contribution in [3.05, 3.63) is 39.0 Å². The molecule has 1 aliphatic rings. The van der Waals surface area contributed by atoms with E-state index in [0.29, 0.717) is 27.9 Å². The molecule has 1 atom stereocenters. The fourth-order valence-electron chi connectivity index (χ4n) is 2.46. The van der Waals surface area contributed by atoms with Gasteiger partial charge in [-0.1, -0.05) is 16.8 Å². The van der Waals surface area contributed by atoms with E-state index in [1.165, 1.54) is 11.3 Å². The number of methoxy groups -OCH3 is 2. The van der Waals surface area contributed by atoms with Crippen molar-refractivity contribution in [2.75, 3.05) is 19.5 Å². The number of amides is 1. The normalized spacial score (nSPS) is 16.2. The van der Waals surface area contributed by atoms with Gasteiger partial charge < -0.3 is 19.6 Å². The smallest absolute Gasteiger partial charge is 0.268 e. The molecule has 3 rings (SSSR count).